The molecular formula is C24H31N3O5S. The van der Waals surface area contributed by atoms with Crippen molar-refractivity contribution in [2.75, 3.05) is 26.7 Å². The number of fused-ring (bicyclic) bond motifs is 1. The van der Waals surface area contributed by atoms with Gasteiger partial charge in [-0.05, 0) is 43.7 Å². The van der Waals surface area contributed by atoms with Gasteiger partial charge in [0.15, 0.2) is 0 Å². The van der Waals surface area contributed by atoms with Gasteiger partial charge in [0.25, 0.3) is 5.91 Å². The zero-order valence-electron chi connectivity index (χ0n) is 19.4. The van der Waals surface area contributed by atoms with Gasteiger partial charge in [0, 0.05) is 31.7 Å². The first-order chi connectivity index (χ1) is 15.7. The lowest BCUT2D eigenvalue weighted by atomic mass is 10.0. The minimum absolute atomic E-state index is 0.0478. The zero-order chi connectivity index (χ0) is 24.2. The molecule has 1 aliphatic heterocycles. The minimum Gasteiger partial charge on any atom is -0.487 e. The van der Waals surface area contributed by atoms with Gasteiger partial charge < -0.3 is 14.7 Å². The highest BCUT2D eigenvalue weighted by Gasteiger charge is 2.38. The van der Waals surface area contributed by atoms with Gasteiger partial charge in [0.05, 0.1) is 13.2 Å². The van der Waals surface area contributed by atoms with E-state index in [2.05, 4.69) is 4.98 Å². The van der Waals surface area contributed by atoms with E-state index in [1.54, 1.807) is 50.5 Å². The largest absolute Gasteiger partial charge is 0.487 e. The number of allylic oxidation sites excluding steroid dienone is 1. The summed E-state index contributed by atoms with van der Waals surface area (Å²) in [6, 6.07) is 9.49. The van der Waals surface area contributed by atoms with E-state index < -0.39 is 22.2 Å². The maximum Gasteiger partial charge on any atom is 0.272 e. The summed E-state index contributed by atoms with van der Waals surface area (Å²) in [5.41, 5.74) is 1.13. The summed E-state index contributed by atoms with van der Waals surface area (Å²) in [6.45, 7) is 5.52. The van der Waals surface area contributed by atoms with Crippen LogP contribution in [0.1, 0.15) is 36.8 Å². The number of pyridine rings is 1. The Balaban J connectivity index is 2.01. The highest BCUT2D eigenvalue weighted by molar-refractivity contribution is 7.89. The predicted molar refractivity (Wildman–Crippen MR) is 126 cm³/mol. The van der Waals surface area contributed by atoms with Crippen molar-refractivity contribution in [1.29, 1.82) is 0 Å². The third kappa shape index (κ3) is 5.43. The van der Waals surface area contributed by atoms with E-state index in [4.69, 9.17) is 4.74 Å². The first kappa shape index (κ1) is 24.9. The quantitative estimate of drug-likeness (QED) is 0.692. The van der Waals surface area contributed by atoms with Crippen molar-refractivity contribution in [2.24, 2.45) is 5.92 Å². The number of nitrogens with zero attached hydrogens (tertiary/aromatic N) is 3. The van der Waals surface area contributed by atoms with E-state index in [0.29, 0.717) is 5.69 Å². The molecule has 178 valence electrons. The van der Waals surface area contributed by atoms with Crippen molar-refractivity contribution < 1.29 is 23.1 Å². The molecule has 0 aliphatic carbocycles. The highest BCUT2D eigenvalue weighted by atomic mass is 32.2. The molecule has 1 aromatic heterocycles. The molecule has 0 fully saturated rings. The fraction of sp³-hybridized carbons (Fsp3) is 0.417. The summed E-state index contributed by atoms with van der Waals surface area (Å²) in [7, 11) is -2.22. The van der Waals surface area contributed by atoms with Crippen LogP contribution in [0.2, 0.25) is 0 Å². The lowest BCUT2D eigenvalue weighted by Gasteiger charge is -2.37. The van der Waals surface area contributed by atoms with Crippen LogP contribution in [0, 0.1) is 5.92 Å². The van der Waals surface area contributed by atoms with E-state index >= 15 is 0 Å². The maximum absolute atomic E-state index is 13.5. The van der Waals surface area contributed by atoms with Crippen LogP contribution in [0.3, 0.4) is 0 Å². The highest BCUT2D eigenvalue weighted by Crippen LogP contribution is 2.34. The monoisotopic (exact) mass is 473 g/mol. The fourth-order valence-corrected chi connectivity index (χ4v) is 5.62. The normalized spacial score (nSPS) is 21.5. The van der Waals surface area contributed by atoms with Crippen molar-refractivity contribution in [3.8, 4) is 5.75 Å². The zero-order valence-corrected chi connectivity index (χ0v) is 20.2. The van der Waals surface area contributed by atoms with E-state index in [9.17, 15) is 18.3 Å². The summed E-state index contributed by atoms with van der Waals surface area (Å²) in [5.74, 6) is -0.271. The lowest BCUT2D eigenvalue weighted by molar-refractivity contribution is 0.0559. The second kappa shape index (κ2) is 10.5. The molecule has 0 saturated heterocycles. The number of ether oxygens (including phenoxy) is 1. The van der Waals surface area contributed by atoms with E-state index in [1.165, 1.54) is 15.3 Å². The Morgan fingerprint density at radius 3 is 2.76 bits per heavy atom. The molecular weight excluding hydrogens is 442 g/mol. The van der Waals surface area contributed by atoms with Gasteiger partial charge in [-0.2, -0.15) is 4.31 Å². The van der Waals surface area contributed by atoms with Crippen molar-refractivity contribution in [3.63, 3.8) is 0 Å². The summed E-state index contributed by atoms with van der Waals surface area (Å²) in [4.78, 5) is 18.6. The number of hydrogen-bond donors (Lipinski definition) is 1. The van der Waals surface area contributed by atoms with Crippen LogP contribution in [0.25, 0.3) is 6.08 Å². The molecule has 33 heavy (non-hydrogen) atoms. The Labute approximate surface area is 195 Å². The third-order valence-corrected chi connectivity index (χ3v) is 7.75. The molecule has 2 heterocycles. The third-order valence-electron chi connectivity index (χ3n) is 5.73. The van der Waals surface area contributed by atoms with Crippen molar-refractivity contribution in [2.45, 2.75) is 37.8 Å². The van der Waals surface area contributed by atoms with Crippen LogP contribution in [0.15, 0.2) is 53.6 Å². The second-order valence-electron chi connectivity index (χ2n) is 8.35. The number of aromatic nitrogens is 1. The minimum atomic E-state index is -3.90. The summed E-state index contributed by atoms with van der Waals surface area (Å²) in [6.07, 6.45) is 4.80. The topological polar surface area (TPSA) is 100 Å². The molecule has 9 heteroatoms. The molecule has 1 amide bonds. The van der Waals surface area contributed by atoms with Gasteiger partial charge in [-0.3, -0.25) is 9.78 Å². The van der Waals surface area contributed by atoms with Crippen molar-refractivity contribution in [3.05, 3.63) is 59.9 Å². The summed E-state index contributed by atoms with van der Waals surface area (Å²) in [5, 5.41) is 9.73. The Morgan fingerprint density at radius 2 is 2.12 bits per heavy atom. The van der Waals surface area contributed by atoms with Crippen LogP contribution in [0.5, 0.6) is 5.75 Å². The lowest BCUT2D eigenvalue weighted by Crippen LogP contribution is -2.50. The number of amides is 1. The van der Waals surface area contributed by atoms with Gasteiger partial charge in [0.1, 0.15) is 22.4 Å². The van der Waals surface area contributed by atoms with Crippen LogP contribution >= 0.6 is 0 Å². The van der Waals surface area contributed by atoms with E-state index in [0.717, 1.165) is 5.56 Å². The first-order valence-corrected chi connectivity index (χ1v) is 12.4. The molecule has 1 aromatic carbocycles. The van der Waals surface area contributed by atoms with Crippen molar-refractivity contribution in [1.82, 2.24) is 14.2 Å². The molecule has 1 N–H and O–H groups in total. The number of likely N-dealkylation sites (N-methyl/N-ethyl adjacent to an activating group) is 1. The van der Waals surface area contributed by atoms with Gasteiger partial charge in [-0.25, -0.2) is 8.42 Å². The number of hydrogen-bond acceptors (Lipinski definition) is 6. The number of benzene rings is 1. The number of sulfonamides is 1. The van der Waals surface area contributed by atoms with Gasteiger partial charge in [0.2, 0.25) is 10.0 Å². The molecule has 2 aromatic rings. The predicted octanol–water partition coefficient (Wildman–Crippen LogP) is 2.66. The number of carbonyl (C=O) groups excluding carboxylic acids is 1. The molecule has 3 atom stereocenters. The van der Waals surface area contributed by atoms with Gasteiger partial charge >= 0.3 is 0 Å². The number of rotatable bonds is 6. The Bertz CT molecular complexity index is 1100. The van der Waals surface area contributed by atoms with Gasteiger partial charge in [-0.15, -0.1) is 0 Å². The molecule has 0 saturated carbocycles. The Hall–Kier alpha value is -2.75. The molecule has 0 unspecified atom stereocenters. The standard InChI is InChI=1S/C24H31N3O5S/c1-5-8-19-10-11-23-21(13-19)32-22(15-26(4)24(29)20-9-6-7-12-25-20)17(2)14-27(18(3)16-28)33(23,30)31/h5-13,17-18,22,28H,14-16H2,1-4H3/b8-5+/t17-,18+,22+/m0/s1. The first-order valence-electron chi connectivity index (χ1n) is 10.9. The molecule has 8 nitrogen and oxygen atoms in total. The van der Waals surface area contributed by atoms with Crippen LogP contribution in [0.4, 0.5) is 0 Å². The maximum atomic E-state index is 13.5. The average Bonchev–Trinajstić information content (AvgIpc) is 2.81. The smallest absolute Gasteiger partial charge is 0.272 e. The SMILES string of the molecule is C/C=C/c1ccc2c(c1)O[C@H](CN(C)C(=O)c1ccccn1)[C@@H](C)CN([C@H](C)CO)S2(=O)=O. The van der Waals surface area contributed by atoms with Crippen LogP contribution in [-0.2, 0) is 10.0 Å². The number of aliphatic hydroxyl groups excluding tert-OH is 1. The Morgan fingerprint density at radius 1 is 1.36 bits per heavy atom. The summed E-state index contributed by atoms with van der Waals surface area (Å²) >= 11 is 0. The Kier molecular flexibility index (Phi) is 7.88. The molecule has 1 aliphatic rings. The molecule has 3 rings (SSSR count). The van der Waals surface area contributed by atoms with E-state index in [1.807, 2.05) is 26.0 Å². The average molecular weight is 474 g/mol. The van der Waals surface area contributed by atoms with Crippen LogP contribution < -0.4 is 4.74 Å². The van der Waals surface area contributed by atoms with E-state index in [-0.39, 0.29) is 42.2 Å². The number of aliphatic hydroxyl groups is 1. The van der Waals surface area contributed by atoms with Crippen molar-refractivity contribution >= 4 is 22.0 Å². The molecule has 0 bridgehead atoms. The molecule has 0 radical (unpaired) electrons. The van der Waals surface area contributed by atoms with Crippen LogP contribution in [-0.4, -0.2) is 72.5 Å². The summed E-state index contributed by atoms with van der Waals surface area (Å²) < 4.78 is 34.5. The molecule has 0 spiro atoms. The fourth-order valence-electron chi connectivity index (χ4n) is 3.79. The second-order valence-corrected chi connectivity index (χ2v) is 10.2. The van der Waals surface area contributed by atoms with Gasteiger partial charge in [-0.1, -0.05) is 31.2 Å². The number of carbonyl (C=O) groups is 1.